The van der Waals surface area contributed by atoms with Gasteiger partial charge in [0.15, 0.2) is 0 Å². The van der Waals surface area contributed by atoms with E-state index in [-0.39, 0.29) is 11.4 Å². The van der Waals surface area contributed by atoms with Crippen molar-refractivity contribution in [1.82, 2.24) is 4.90 Å². The van der Waals surface area contributed by atoms with Gasteiger partial charge in [0, 0.05) is 17.4 Å². The Morgan fingerprint density at radius 3 is 2.35 bits per heavy atom. The number of amides is 1. The van der Waals surface area contributed by atoms with E-state index in [4.69, 9.17) is 11.6 Å². The molecule has 2 nitrogen and oxygen atoms in total. The standard InChI is InChI=1S/C13H14BrClF3NO/c1-12(2,7-15)19(3)11(20)9-6-8(13(16,17)18)4-5-10(9)14/h4-6H,7H2,1-3H3. The van der Waals surface area contributed by atoms with E-state index in [0.29, 0.717) is 4.47 Å². The van der Waals surface area contributed by atoms with Gasteiger partial charge in [-0.3, -0.25) is 4.79 Å². The number of nitrogens with zero attached hydrogens (tertiary/aromatic N) is 1. The third-order valence-corrected chi connectivity index (χ3v) is 4.41. The Kier molecular flexibility index (Phi) is 5.13. The Bertz CT molecular complexity index is 517. The Morgan fingerprint density at radius 1 is 1.35 bits per heavy atom. The fourth-order valence-electron chi connectivity index (χ4n) is 1.41. The summed E-state index contributed by atoms with van der Waals surface area (Å²) in [6.45, 7) is 3.47. The lowest BCUT2D eigenvalue weighted by molar-refractivity contribution is -0.137. The summed E-state index contributed by atoms with van der Waals surface area (Å²) in [4.78, 5) is 13.7. The van der Waals surface area contributed by atoms with Gasteiger partial charge < -0.3 is 4.90 Å². The topological polar surface area (TPSA) is 20.3 Å². The average molecular weight is 373 g/mol. The van der Waals surface area contributed by atoms with Crippen molar-refractivity contribution in [3.63, 3.8) is 0 Å². The van der Waals surface area contributed by atoms with Gasteiger partial charge in [-0.1, -0.05) is 0 Å². The zero-order valence-corrected chi connectivity index (χ0v) is 13.5. The van der Waals surface area contributed by atoms with E-state index < -0.39 is 23.2 Å². The first-order chi connectivity index (χ1) is 9.00. The second kappa shape index (κ2) is 5.93. The summed E-state index contributed by atoms with van der Waals surface area (Å²) in [5.41, 5.74) is -1.56. The number of benzene rings is 1. The first-order valence-corrected chi connectivity index (χ1v) is 7.04. The van der Waals surface area contributed by atoms with Crippen LogP contribution < -0.4 is 0 Å². The van der Waals surface area contributed by atoms with Gasteiger partial charge in [-0.15, -0.1) is 11.6 Å². The minimum absolute atomic E-state index is 0.0412. The first kappa shape index (κ1) is 17.3. The van der Waals surface area contributed by atoms with Crippen molar-refractivity contribution in [3.8, 4) is 0 Å². The zero-order chi connectivity index (χ0) is 15.7. The molecular formula is C13H14BrClF3NO. The maximum atomic E-state index is 12.7. The van der Waals surface area contributed by atoms with Crippen LogP contribution in [0.3, 0.4) is 0 Å². The molecule has 0 spiro atoms. The highest BCUT2D eigenvalue weighted by Gasteiger charge is 2.33. The van der Waals surface area contributed by atoms with Crippen LogP contribution in [0, 0.1) is 0 Å². The Morgan fingerprint density at radius 2 is 1.90 bits per heavy atom. The van der Waals surface area contributed by atoms with Gasteiger partial charge in [0.05, 0.1) is 16.7 Å². The molecule has 0 radical (unpaired) electrons. The van der Waals surface area contributed by atoms with Crippen molar-refractivity contribution in [2.24, 2.45) is 0 Å². The van der Waals surface area contributed by atoms with E-state index in [1.54, 1.807) is 13.8 Å². The van der Waals surface area contributed by atoms with E-state index in [9.17, 15) is 18.0 Å². The predicted molar refractivity (Wildman–Crippen MR) is 76.0 cm³/mol. The fraction of sp³-hybridized carbons (Fsp3) is 0.462. The minimum Gasteiger partial charge on any atom is -0.335 e. The van der Waals surface area contributed by atoms with Crippen LogP contribution in [0.15, 0.2) is 22.7 Å². The highest BCUT2D eigenvalue weighted by atomic mass is 79.9. The number of hydrogen-bond acceptors (Lipinski definition) is 1. The molecule has 20 heavy (non-hydrogen) atoms. The number of alkyl halides is 4. The second-order valence-corrected chi connectivity index (χ2v) is 6.12. The molecule has 0 aliphatic rings. The largest absolute Gasteiger partial charge is 0.416 e. The fourth-order valence-corrected chi connectivity index (χ4v) is 2.01. The van der Waals surface area contributed by atoms with Crippen molar-refractivity contribution in [2.75, 3.05) is 12.9 Å². The van der Waals surface area contributed by atoms with Crippen LogP contribution in [0.5, 0.6) is 0 Å². The van der Waals surface area contributed by atoms with Crippen LogP contribution >= 0.6 is 27.5 Å². The van der Waals surface area contributed by atoms with Crippen molar-refractivity contribution in [3.05, 3.63) is 33.8 Å². The molecule has 112 valence electrons. The number of rotatable bonds is 3. The quantitative estimate of drug-likeness (QED) is 0.713. The minimum atomic E-state index is -4.49. The highest BCUT2D eigenvalue weighted by Crippen LogP contribution is 2.32. The van der Waals surface area contributed by atoms with E-state index in [0.717, 1.165) is 12.1 Å². The van der Waals surface area contributed by atoms with Gasteiger partial charge >= 0.3 is 6.18 Å². The molecule has 1 amide bonds. The molecule has 0 unspecified atom stereocenters. The molecule has 0 atom stereocenters. The van der Waals surface area contributed by atoms with Gasteiger partial charge in [0.1, 0.15) is 0 Å². The van der Waals surface area contributed by atoms with Crippen molar-refractivity contribution < 1.29 is 18.0 Å². The summed E-state index contributed by atoms with van der Waals surface area (Å²) in [7, 11) is 1.51. The summed E-state index contributed by atoms with van der Waals surface area (Å²) < 4.78 is 38.4. The summed E-state index contributed by atoms with van der Waals surface area (Å²) in [5, 5.41) is 0. The van der Waals surface area contributed by atoms with Gasteiger partial charge in [-0.25, -0.2) is 0 Å². The lowest BCUT2D eigenvalue weighted by Crippen LogP contribution is -2.46. The number of carbonyl (C=O) groups excluding carboxylic acids is 1. The van der Waals surface area contributed by atoms with E-state index in [1.807, 2.05) is 0 Å². The van der Waals surface area contributed by atoms with E-state index in [1.165, 1.54) is 18.0 Å². The maximum absolute atomic E-state index is 12.7. The van der Waals surface area contributed by atoms with Gasteiger partial charge in [-0.2, -0.15) is 13.2 Å². The summed E-state index contributed by atoms with van der Waals surface area (Å²) >= 11 is 8.88. The van der Waals surface area contributed by atoms with E-state index in [2.05, 4.69) is 15.9 Å². The zero-order valence-electron chi connectivity index (χ0n) is 11.2. The number of halogens is 5. The van der Waals surface area contributed by atoms with Gasteiger partial charge in [0.25, 0.3) is 5.91 Å². The Hall–Kier alpha value is -0.750. The van der Waals surface area contributed by atoms with Crippen molar-refractivity contribution >= 4 is 33.4 Å². The monoisotopic (exact) mass is 371 g/mol. The van der Waals surface area contributed by atoms with Crippen molar-refractivity contribution in [2.45, 2.75) is 25.6 Å². The normalized spacial score (nSPS) is 12.4. The lowest BCUT2D eigenvalue weighted by atomic mass is 10.0. The summed E-state index contributed by atoms with van der Waals surface area (Å²) in [5.74, 6) is -0.347. The van der Waals surface area contributed by atoms with Crippen molar-refractivity contribution in [1.29, 1.82) is 0 Å². The first-order valence-electron chi connectivity index (χ1n) is 5.71. The predicted octanol–water partition coefficient (Wildman–Crippen LogP) is 4.56. The molecule has 1 aromatic rings. The lowest BCUT2D eigenvalue weighted by Gasteiger charge is -2.34. The smallest absolute Gasteiger partial charge is 0.335 e. The molecule has 0 bridgehead atoms. The van der Waals surface area contributed by atoms with Crippen LogP contribution in [-0.2, 0) is 6.18 Å². The van der Waals surface area contributed by atoms with Crippen LogP contribution in [0.1, 0.15) is 29.8 Å². The summed E-state index contributed by atoms with van der Waals surface area (Å²) in [6, 6.07) is 2.98. The number of carbonyl (C=O) groups is 1. The molecule has 7 heteroatoms. The molecule has 0 aliphatic carbocycles. The van der Waals surface area contributed by atoms with E-state index >= 15 is 0 Å². The van der Waals surface area contributed by atoms with Gasteiger partial charge in [-0.05, 0) is 48.0 Å². The number of hydrogen-bond donors (Lipinski definition) is 0. The third kappa shape index (κ3) is 3.67. The average Bonchev–Trinajstić information content (AvgIpc) is 2.36. The maximum Gasteiger partial charge on any atom is 0.416 e. The molecule has 1 rings (SSSR count). The van der Waals surface area contributed by atoms with Crippen LogP contribution in [0.4, 0.5) is 13.2 Å². The molecule has 0 saturated carbocycles. The second-order valence-electron chi connectivity index (χ2n) is 5.00. The molecule has 0 aromatic heterocycles. The molecule has 0 N–H and O–H groups in total. The SMILES string of the molecule is CN(C(=O)c1cc(C(F)(F)F)ccc1Br)C(C)(C)CCl. The third-order valence-electron chi connectivity index (χ3n) is 3.06. The molecule has 0 fully saturated rings. The molecular weight excluding hydrogens is 358 g/mol. The van der Waals surface area contributed by atoms with Gasteiger partial charge in [0.2, 0.25) is 0 Å². The Labute approximate surface area is 129 Å². The van der Waals surface area contributed by atoms with Crippen LogP contribution in [-0.4, -0.2) is 29.3 Å². The molecule has 1 aromatic carbocycles. The molecule has 0 heterocycles. The highest BCUT2D eigenvalue weighted by molar-refractivity contribution is 9.10. The Balaban J connectivity index is 3.23. The van der Waals surface area contributed by atoms with Crippen LogP contribution in [0.2, 0.25) is 0 Å². The van der Waals surface area contributed by atoms with Crippen LogP contribution in [0.25, 0.3) is 0 Å². The molecule has 0 aliphatic heterocycles. The summed E-state index contributed by atoms with van der Waals surface area (Å²) in [6.07, 6.45) is -4.49. The molecule has 0 saturated heterocycles.